The lowest BCUT2D eigenvalue weighted by Gasteiger charge is -2.23. The van der Waals surface area contributed by atoms with Crippen molar-refractivity contribution in [3.05, 3.63) is 0 Å². The Hall–Kier alpha value is 0.220. The Bertz CT molecular complexity index is 221. The minimum Gasteiger partial charge on any atom is -0.383 e. The number of halogens is 1. The molecule has 1 aliphatic rings. The molecule has 0 saturated carbocycles. The van der Waals surface area contributed by atoms with Gasteiger partial charge in [0, 0.05) is 37.9 Å². The van der Waals surface area contributed by atoms with Crippen LogP contribution in [-0.4, -0.2) is 67.7 Å². The van der Waals surface area contributed by atoms with E-state index in [1.165, 1.54) is 0 Å². The quantitative estimate of drug-likeness (QED) is 0.667. The van der Waals surface area contributed by atoms with Crippen LogP contribution in [0.15, 0.2) is 4.99 Å². The standard InChI is InChI=1S/C10H19BrN2O2S/c1-14-5-3-13(4-6-15-2)10-12-8-9(7-11)16-10/h9H,3-8H2,1-2H3. The summed E-state index contributed by atoms with van der Waals surface area (Å²) in [6, 6.07) is 0. The molecule has 1 heterocycles. The lowest BCUT2D eigenvalue weighted by atomic mass is 10.5. The van der Waals surface area contributed by atoms with Gasteiger partial charge >= 0.3 is 0 Å². The molecule has 1 rings (SSSR count). The smallest absolute Gasteiger partial charge is 0.159 e. The van der Waals surface area contributed by atoms with E-state index in [0.29, 0.717) is 5.25 Å². The lowest BCUT2D eigenvalue weighted by molar-refractivity contribution is 0.147. The largest absolute Gasteiger partial charge is 0.383 e. The zero-order valence-corrected chi connectivity index (χ0v) is 12.2. The molecule has 1 atom stereocenters. The van der Waals surface area contributed by atoms with E-state index >= 15 is 0 Å². The third-order valence-electron chi connectivity index (χ3n) is 2.28. The average Bonchev–Trinajstić information content (AvgIpc) is 2.78. The monoisotopic (exact) mass is 310 g/mol. The molecule has 0 aromatic heterocycles. The number of alkyl halides is 1. The van der Waals surface area contributed by atoms with Crippen molar-refractivity contribution >= 4 is 32.9 Å². The van der Waals surface area contributed by atoms with E-state index in [2.05, 4.69) is 25.8 Å². The third kappa shape index (κ3) is 4.61. The van der Waals surface area contributed by atoms with Gasteiger partial charge in [0.1, 0.15) is 0 Å². The van der Waals surface area contributed by atoms with Gasteiger partial charge in [0.15, 0.2) is 5.17 Å². The molecule has 0 fully saturated rings. The van der Waals surface area contributed by atoms with Gasteiger partial charge in [-0.15, -0.1) is 0 Å². The molecule has 0 aromatic carbocycles. The van der Waals surface area contributed by atoms with E-state index in [1.807, 2.05) is 11.8 Å². The number of rotatable bonds is 7. The number of hydrogen-bond acceptors (Lipinski definition) is 5. The van der Waals surface area contributed by atoms with E-state index in [4.69, 9.17) is 9.47 Å². The lowest BCUT2D eigenvalue weighted by Crippen LogP contribution is -2.34. The summed E-state index contributed by atoms with van der Waals surface area (Å²) in [5.41, 5.74) is 0. The first-order valence-corrected chi connectivity index (χ1v) is 7.31. The van der Waals surface area contributed by atoms with Crippen LogP contribution in [0, 0.1) is 0 Å². The van der Waals surface area contributed by atoms with Gasteiger partial charge in [0.2, 0.25) is 0 Å². The zero-order chi connectivity index (χ0) is 11.8. The highest BCUT2D eigenvalue weighted by Gasteiger charge is 2.22. The molecule has 4 nitrogen and oxygen atoms in total. The molecule has 0 amide bonds. The Labute approximate surface area is 110 Å². The molecule has 0 aromatic rings. The van der Waals surface area contributed by atoms with Crippen molar-refractivity contribution in [2.45, 2.75) is 5.25 Å². The fraction of sp³-hybridized carbons (Fsp3) is 0.900. The number of thioether (sulfide) groups is 1. The molecule has 1 aliphatic heterocycles. The maximum atomic E-state index is 5.11. The second kappa shape index (κ2) is 8.33. The van der Waals surface area contributed by atoms with Gasteiger partial charge in [-0.2, -0.15) is 0 Å². The molecule has 1 unspecified atom stereocenters. The first kappa shape index (κ1) is 14.3. The fourth-order valence-electron chi connectivity index (χ4n) is 1.36. The van der Waals surface area contributed by atoms with E-state index < -0.39 is 0 Å². The molecular formula is C10H19BrN2O2S. The van der Waals surface area contributed by atoms with Crippen LogP contribution in [0.4, 0.5) is 0 Å². The number of ether oxygens (including phenoxy) is 2. The van der Waals surface area contributed by atoms with Crippen LogP contribution in [0.1, 0.15) is 0 Å². The van der Waals surface area contributed by atoms with Gasteiger partial charge in [-0.1, -0.05) is 27.7 Å². The minimum absolute atomic E-state index is 0.572. The van der Waals surface area contributed by atoms with Crippen molar-refractivity contribution in [3.8, 4) is 0 Å². The summed E-state index contributed by atoms with van der Waals surface area (Å²) in [5, 5.41) is 2.69. The summed E-state index contributed by atoms with van der Waals surface area (Å²) in [4.78, 5) is 6.79. The Morgan fingerprint density at radius 2 is 2.00 bits per heavy atom. The van der Waals surface area contributed by atoms with Gasteiger partial charge in [-0.25, -0.2) is 0 Å². The molecule has 0 radical (unpaired) electrons. The number of nitrogens with zero attached hydrogens (tertiary/aromatic N) is 2. The fourth-order valence-corrected chi connectivity index (χ4v) is 2.96. The SMILES string of the molecule is COCCN(CCOC)C1=NCC(CBr)S1. The van der Waals surface area contributed by atoms with Crippen LogP contribution in [0.3, 0.4) is 0 Å². The van der Waals surface area contributed by atoms with Gasteiger partial charge < -0.3 is 14.4 Å². The molecule has 6 heteroatoms. The van der Waals surface area contributed by atoms with Crippen LogP contribution in [0.5, 0.6) is 0 Å². The predicted octanol–water partition coefficient (Wildman–Crippen LogP) is 1.45. The summed E-state index contributed by atoms with van der Waals surface area (Å²) >= 11 is 5.33. The molecule has 16 heavy (non-hydrogen) atoms. The van der Waals surface area contributed by atoms with Crippen molar-refractivity contribution in [2.75, 3.05) is 52.4 Å². The second-order valence-electron chi connectivity index (χ2n) is 3.49. The molecule has 0 bridgehead atoms. The normalized spacial score (nSPS) is 19.9. The maximum absolute atomic E-state index is 5.11. The Morgan fingerprint density at radius 3 is 2.44 bits per heavy atom. The Kier molecular flexibility index (Phi) is 7.44. The number of hydrogen-bond donors (Lipinski definition) is 0. The van der Waals surface area contributed by atoms with Gasteiger partial charge in [-0.3, -0.25) is 4.99 Å². The predicted molar refractivity (Wildman–Crippen MR) is 72.8 cm³/mol. The van der Waals surface area contributed by atoms with Crippen molar-refractivity contribution < 1.29 is 9.47 Å². The highest BCUT2D eigenvalue weighted by atomic mass is 79.9. The first-order valence-electron chi connectivity index (χ1n) is 5.31. The van der Waals surface area contributed by atoms with Crippen LogP contribution >= 0.6 is 27.7 Å². The van der Waals surface area contributed by atoms with Crippen molar-refractivity contribution in [2.24, 2.45) is 4.99 Å². The first-order chi connectivity index (χ1) is 7.81. The van der Waals surface area contributed by atoms with Crippen molar-refractivity contribution in [1.29, 1.82) is 0 Å². The van der Waals surface area contributed by atoms with E-state index in [0.717, 1.165) is 43.3 Å². The summed E-state index contributed by atoms with van der Waals surface area (Å²) < 4.78 is 10.2. The van der Waals surface area contributed by atoms with E-state index in [-0.39, 0.29) is 0 Å². The third-order valence-corrected chi connectivity index (χ3v) is 4.73. The summed E-state index contributed by atoms with van der Waals surface area (Å²) in [5.74, 6) is 0. The maximum Gasteiger partial charge on any atom is 0.159 e. The molecule has 94 valence electrons. The van der Waals surface area contributed by atoms with Crippen LogP contribution in [0.2, 0.25) is 0 Å². The molecule has 0 aliphatic carbocycles. The average molecular weight is 311 g/mol. The Balaban J connectivity index is 2.41. The highest BCUT2D eigenvalue weighted by Crippen LogP contribution is 2.24. The molecule has 0 spiro atoms. The second-order valence-corrected chi connectivity index (χ2v) is 5.41. The number of amidine groups is 1. The van der Waals surface area contributed by atoms with Crippen LogP contribution in [-0.2, 0) is 9.47 Å². The number of aliphatic imine (C=N–C) groups is 1. The summed E-state index contributed by atoms with van der Waals surface area (Å²) in [7, 11) is 3.44. The minimum atomic E-state index is 0.572. The molecular weight excluding hydrogens is 292 g/mol. The van der Waals surface area contributed by atoms with Gasteiger partial charge in [-0.05, 0) is 0 Å². The van der Waals surface area contributed by atoms with Gasteiger partial charge in [0.25, 0.3) is 0 Å². The molecule has 0 saturated heterocycles. The zero-order valence-electron chi connectivity index (χ0n) is 9.82. The van der Waals surface area contributed by atoms with Gasteiger partial charge in [0.05, 0.1) is 19.8 Å². The van der Waals surface area contributed by atoms with E-state index in [1.54, 1.807) is 14.2 Å². The summed E-state index contributed by atoms with van der Waals surface area (Å²) in [6.45, 7) is 4.10. The molecule has 0 N–H and O–H groups in total. The Morgan fingerprint density at radius 1 is 1.38 bits per heavy atom. The van der Waals surface area contributed by atoms with Crippen LogP contribution < -0.4 is 0 Å². The van der Waals surface area contributed by atoms with Crippen LogP contribution in [0.25, 0.3) is 0 Å². The highest BCUT2D eigenvalue weighted by molar-refractivity contribution is 9.09. The van der Waals surface area contributed by atoms with E-state index in [9.17, 15) is 0 Å². The van der Waals surface area contributed by atoms with Crippen molar-refractivity contribution in [1.82, 2.24) is 4.90 Å². The topological polar surface area (TPSA) is 34.1 Å². The summed E-state index contributed by atoms with van der Waals surface area (Å²) in [6.07, 6.45) is 0. The number of methoxy groups -OCH3 is 2. The van der Waals surface area contributed by atoms with Crippen molar-refractivity contribution in [3.63, 3.8) is 0 Å².